The molecule has 1 amide bonds. The van der Waals surface area contributed by atoms with E-state index in [1.54, 1.807) is 12.1 Å². The molecule has 6 nitrogen and oxygen atoms in total. The van der Waals surface area contributed by atoms with Crippen LogP contribution < -0.4 is 10.0 Å². The van der Waals surface area contributed by atoms with Crippen molar-refractivity contribution in [3.8, 4) is 0 Å². The Bertz CT molecular complexity index is 693. The van der Waals surface area contributed by atoms with Gasteiger partial charge in [-0.1, -0.05) is 32.9 Å². The van der Waals surface area contributed by atoms with E-state index >= 15 is 0 Å². The molecule has 140 valence electrons. The summed E-state index contributed by atoms with van der Waals surface area (Å²) in [5, 5.41) is 3.23. The average molecular weight is 368 g/mol. The van der Waals surface area contributed by atoms with Crippen LogP contribution in [0.4, 0.5) is 0 Å². The molecule has 0 saturated carbocycles. The van der Waals surface area contributed by atoms with Crippen LogP contribution in [0.25, 0.3) is 0 Å². The number of rotatable bonds is 5. The Hall–Kier alpha value is -1.44. The maximum atomic E-state index is 12.4. The zero-order valence-corrected chi connectivity index (χ0v) is 16.3. The minimum absolute atomic E-state index is 0.0141. The number of sulfonamides is 1. The monoisotopic (exact) mass is 367 g/mol. The molecule has 1 heterocycles. The zero-order chi connectivity index (χ0) is 18.7. The lowest BCUT2D eigenvalue weighted by Gasteiger charge is -2.34. The molecule has 1 atom stereocenters. The molecule has 1 fully saturated rings. The zero-order valence-electron chi connectivity index (χ0n) is 15.5. The van der Waals surface area contributed by atoms with Gasteiger partial charge in [0.1, 0.15) is 0 Å². The third-order valence-corrected chi connectivity index (χ3v) is 5.96. The molecule has 0 radical (unpaired) electrons. The van der Waals surface area contributed by atoms with Crippen molar-refractivity contribution in [1.29, 1.82) is 0 Å². The minimum Gasteiger partial charge on any atom is -0.337 e. The number of hydrogen-bond acceptors (Lipinski definition) is 4. The topological polar surface area (TPSA) is 78.5 Å². The molecule has 0 aliphatic carbocycles. The fourth-order valence-corrected chi connectivity index (χ4v) is 3.90. The Morgan fingerprint density at radius 1 is 1.28 bits per heavy atom. The van der Waals surface area contributed by atoms with Crippen molar-refractivity contribution in [2.24, 2.45) is 0 Å². The first-order chi connectivity index (χ1) is 11.6. The van der Waals surface area contributed by atoms with E-state index in [4.69, 9.17) is 0 Å². The van der Waals surface area contributed by atoms with Crippen LogP contribution in [0.2, 0.25) is 0 Å². The summed E-state index contributed by atoms with van der Waals surface area (Å²) in [6, 6.07) is 7.04. The normalized spacial score (nSPS) is 19.0. The maximum absolute atomic E-state index is 12.4. The van der Waals surface area contributed by atoms with Crippen molar-refractivity contribution in [1.82, 2.24) is 14.9 Å². The van der Waals surface area contributed by atoms with Gasteiger partial charge in [-0.15, -0.1) is 0 Å². The van der Waals surface area contributed by atoms with Crippen molar-refractivity contribution in [3.05, 3.63) is 29.8 Å². The number of carbonyl (C=O) groups excluding carboxylic acids is 1. The van der Waals surface area contributed by atoms with E-state index in [0.29, 0.717) is 6.54 Å². The van der Waals surface area contributed by atoms with Crippen molar-refractivity contribution in [2.75, 3.05) is 26.2 Å². The Morgan fingerprint density at radius 3 is 2.48 bits per heavy atom. The summed E-state index contributed by atoms with van der Waals surface area (Å²) in [5.41, 5.74) is 1.05. The van der Waals surface area contributed by atoms with Crippen molar-refractivity contribution < 1.29 is 13.2 Å². The lowest BCUT2D eigenvalue weighted by atomic mass is 9.87. The van der Waals surface area contributed by atoms with Crippen molar-refractivity contribution >= 4 is 15.9 Å². The molecule has 25 heavy (non-hydrogen) atoms. The van der Waals surface area contributed by atoms with Crippen LogP contribution in [0.1, 0.15) is 39.7 Å². The number of amides is 1. The molecule has 7 heteroatoms. The highest BCUT2D eigenvalue weighted by Gasteiger charge is 2.23. The van der Waals surface area contributed by atoms with E-state index in [0.717, 1.165) is 18.7 Å². The van der Waals surface area contributed by atoms with E-state index in [1.165, 1.54) is 0 Å². The van der Waals surface area contributed by atoms with E-state index in [1.807, 2.05) is 24.0 Å². The smallest absolute Gasteiger partial charge is 0.240 e. The van der Waals surface area contributed by atoms with Gasteiger partial charge in [0.25, 0.3) is 0 Å². The van der Waals surface area contributed by atoms with Gasteiger partial charge in [-0.2, -0.15) is 0 Å². The van der Waals surface area contributed by atoms with Gasteiger partial charge in [0.05, 0.1) is 4.90 Å². The predicted molar refractivity (Wildman–Crippen MR) is 99.0 cm³/mol. The van der Waals surface area contributed by atoms with Gasteiger partial charge < -0.3 is 10.2 Å². The van der Waals surface area contributed by atoms with Crippen molar-refractivity contribution in [3.63, 3.8) is 0 Å². The first-order valence-corrected chi connectivity index (χ1v) is 10.2. The summed E-state index contributed by atoms with van der Waals surface area (Å²) in [7, 11) is -3.60. The van der Waals surface area contributed by atoms with E-state index < -0.39 is 10.0 Å². The van der Waals surface area contributed by atoms with Crippen LogP contribution in [-0.2, 0) is 20.2 Å². The number of hydrogen-bond donors (Lipinski definition) is 2. The SMILES string of the molecule is C[C@H]1CNCCN1C(=O)CCNS(=O)(=O)c1ccc(C(C)(C)C)cc1. The number of carbonyl (C=O) groups is 1. The van der Waals surface area contributed by atoms with Gasteiger partial charge in [0.2, 0.25) is 15.9 Å². The number of benzene rings is 1. The van der Waals surface area contributed by atoms with Crippen LogP contribution in [0.5, 0.6) is 0 Å². The lowest BCUT2D eigenvalue weighted by molar-refractivity contribution is -0.133. The molecule has 1 aromatic rings. The number of nitrogens with one attached hydrogen (secondary N) is 2. The highest BCUT2D eigenvalue weighted by Crippen LogP contribution is 2.23. The van der Waals surface area contributed by atoms with E-state index in [-0.39, 0.29) is 35.2 Å². The molecule has 0 aromatic heterocycles. The second-order valence-corrected chi connectivity index (χ2v) is 9.33. The highest BCUT2D eigenvalue weighted by molar-refractivity contribution is 7.89. The summed E-state index contributed by atoms with van der Waals surface area (Å²) < 4.78 is 27.3. The highest BCUT2D eigenvalue weighted by atomic mass is 32.2. The molecular weight excluding hydrogens is 338 g/mol. The van der Waals surface area contributed by atoms with Crippen molar-refractivity contribution in [2.45, 2.75) is 50.5 Å². The van der Waals surface area contributed by atoms with E-state index in [9.17, 15) is 13.2 Å². The summed E-state index contributed by atoms with van der Waals surface area (Å²) in [5.74, 6) is -0.0141. The van der Waals surface area contributed by atoms with Crippen LogP contribution in [0, 0.1) is 0 Å². The Kier molecular flexibility index (Phi) is 6.24. The maximum Gasteiger partial charge on any atom is 0.240 e. The molecule has 0 unspecified atom stereocenters. The van der Waals surface area contributed by atoms with E-state index in [2.05, 4.69) is 30.8 Å². The molecule has 2 N–H and O–H groups in total. The molecule has 0 bridgehead atoms. The van der Waals surface area contributed by atoms with Crippen LogP contribution in [-0.4, -0.2) is 51.4 Å². The molecular formula is C18H29N3O3S. The quantitative estimate of drug-likeness (QED) is 0.826. The molecule has 2 rings (SSSR count). The number of nitrogens with zero attached hydrogens (tertiary/aromatic N) is 1. The fourth-order valence-electron chi connectivity index (χ4n) is 2.86. The Labute approximate surface area is 151 Å². The van der Waals surface area contributed by atoms with Gasteiger partial charge in [-0.05, 0) is 30.0 Å². The molecule has 1 aliphatic rings. The third-order valence-electron chi connectivity index (χ3n) is 4.48. The average Bonchev–Trinajstić information content (AvgIpc) is 2.54. The first-order valence-electron chi connectivity index (χ1n) is 8.71. The minimum atomic E-state index is -3.60. The summed E-state index contributed by atoms with van der Waals surface area (Å²) in [4.78, 5) is 14.3. The first kappa shape index (κ1) is 19.9. The third kappa shape index (κ3) is 5.26. The molecule has 0 spiro atoms. The standard InChI is InChI=1S/C18H29N3O3S/c1-14-13-19-11-12-21(14)17(22)9-10-20-25(23,24)16-7-5-15(6-8-16)18(2,3)4/h5-8,14,19-20H,9-13H2,1-4H3/t14-/m0/s1. The predicted octanol–water partition coefficient (Wildman–Crippen LogP) is 1.47. The van der Waals surface area contributed by atoms with Crippen LogP contribution >= 0.6 is 0 Å². The fraction of sp³-hybridized carbons (Fsp3) is 0.611. The molecule has 1 saturated heterocycles. The van der Waals surface area contributed by atoms with Gasteiger partial charge in [0.15, 0.2) is 0 Å². The Balaban J connectivity index is 1.92. The molecule has 1 aliphatic heterocycles. The van der Waals surface area contributed by atoms with Gasteiger partial charge >= 0.3 is 0 Å². The summed E-state index contributed by atoms with van der Waals surface area (Å²) in [6.07, 6.45) is 0.170. The summed E-state index contributed by atoms with van der Waals surface area (Å²) >= 11 is 0. The van der Waals surface area contributed by atoms with Gasteiger partial charge in [-0.25, -0.2) is 13.1 Å². The van der Waals surface area contributed by atoms with Gasteiger partial charge in [-0.3, -0.25) is 4.79 Å². The molecule has 1 aromatic carbocycles. The van der Waals surface area contributed by atoms with Crippen LogP contribution in [0.15, 0.2) is 29.2 Å². The Morgan fingerprint density at radius 2 is 1.92 bits per heavy atom. The largest absolute Gasteiger partial charge is 0.337 e. The van der Waals surface area contributed by atoms with Crippen LogP contribution in [0.3, 0.4) is 0 Å². The lowest BCUT2D eigenvalue weighted by Crippen LogP contribution is -2.52. The second kappa shape index (κ2) is 7.85. The summed E-state index contributed by atoms with van der Waals surface area (Å²) in [6.45, 7) is 10.6. The number of piperazine rings is 1. The second-order valence-electron chi connectivity index (χ2n) is 7.56. The van der Waals surface area contributed by atoms with Gasteiger partial charge in [0, 0.05) is 38.6 Å².